The van der Waals surface area contributed by atoms with E-state index in [0.29, 0.717) is 50.0 Å². The predicted molar refractivity (Wildman–Crippen MR) is 299 cm³/mol. The van der Waals surface area contributed by atoms with Gasteiger partial charge in [-0.15, -0.1) is 0 Å². The molecule has 2 saturated heterocycles. The molecule has 2 aromatic carbocycles. The third kappa shape index (κ3) is 17.7. The monoisotopic (exact) mass is 1090 g/mol. The van der Waals surface area contributed by atoms with Crippen LogP contribution in [0.15, 0.2) is 54.6 Å². The van der Waals surface area contributed by atoms with Crippen molar-refractivity contribution in [3.63, 3.8) is 0 Å². The number of aliphatic hydroxyl groups excluding tert-OH is 1. The van der Waals surface area contributed by atoms with Crippen LogP contribution in [0.1, 0.15) is 130 Å². The quantitative estimate of drug-likeness (QED) is 0.0526. The molecule has 10 atom stereocenters. The first kappa shape index (κ1) is 64.4. The fourth-order valence-corrected chi connectivity index (χ4v) is 11.7. The van der Waals surface area contributed by atoms with E-state index in [0.717, 1.165) is 12.0 Å². The lowest BCUT2D eigenvalue weighted by Gasteiger charge is -2.40. The molecular weight excluding hydrogens is 1000 g/mol. The van der Waals surface area contributed by atoms with Crippen molar-refractivity contribution in [2.24, 2.45) is 35.5 Å². The zero-order valence-corrected chi connectivity index (χ0v) is 48.8. The summed E-state index contributed by atoms with van der Waals surface area (Å²) >= 11 is 1.38. The standard InChI is InChI=1S/C59H89N5O12S/c1-36(2)45(31-48(67)53(37(3)4)62(10)59(73)76-35-41-24-26-43(27-25-41)60-34-44(65)22-17-18-28-64-52(69)33-50(77-13)58(64)72)57(71)61(9)54(38(5)6)49(74-11)32-51(68)63-29-19-23-46(63)56(75-12)40(8)47(66)30-39(7)55(70)42-20-15-14-16-21-42/h14-16,20-21,24-27,36-40,45-46,49-50,53-56,60,70H,17-19,22-23,28-35H2,1-13H3/t39-,40-,45-,46-,49+,50?,53-,54-,55+,56+/m0/s1. The van der Waals surface area contributed by atoms with Crippen LogP contribution in [0, 0.1) is 35.5 Å². The second kappa shape index (κ2) is 30.8. The van der Waals surface area contributed by atoms with E-state index in [1.165, 1.54) is 35.7 Å². The van der Waals surface area contributed by atoms with E-state index in [1.54, 1.807) is 48.2 Å². The van der Waals surface area contributed by atoms with Crippen molar-refractivity contribution >= 4 is 64.5 Å². The molecule has 428 valence electrons. The van der Waals surface area contributed by atoms with E-state index in [1.807, 2.05) is 92.0 Å². The van der Waals surface area contributed by atoms with E-state index in [2.05, 4.69) is 5.32 Å². The number of thioether (sulfide) groups is 1. The van der Waals surface area contributed by atoms with Gasteiger partial charge in [0.15, 0.2) is 11.6 Å². The molecule has 2 fully saturated rings. The third-order valence-corrected chi connectivity index (χ3v) is 16.5. The highest BCUT2D eigenvalue weighted by Gasteiger charge is 2.44. The van der Waals surface area contributed by atoms with Crippen molar-refractivity contribution in [1.29, 1.82) is 0 Å². The fourth-order valence-electron chi connectivity index (χ4n) is 11.1. The summed E-state index contributed by atoms with van der Waals surface area (Å²) in [6.07, 6.45) is 2.08. The summed E-state index contributed by atoms with van der Waals surface area (Å²) in [5.74, 6) is -3.44. The van der Waals surface area contributed by atoms with E-state index < -0.39 is 48.3 Å². The number of unbranched alkanes of at least 4 members (excludes halogenated alkanes) is 1. The minimum absolute atomic E-state index is 0.00366. The number of nitrogens with one attached hydrogen (secondary N) is 1. The van der Waals surface area contributed by atoms with E-state index in [4.69, 9.17) is 14.2 Å². The Hall–Kier alpha value is -5.17. The van der Waals surface area contributed by atoms with Crippen molar-refractivity contribution < 1.29 is 57.7 Å². The molecular formula is C59H89N5O12S. The summed E-state index contributed by atoms with van der Waals surface area (Å²) < 4.78 is 17.7. The summed E-state index contributed by atoms with van der Waals surface area (Å²) in [6.45, 7) is 15.9. The smallest absolute Gasteiger partial charge is 0.410 e. The van der Waals surface area contributed by atoms with Crippen LogP contribution in [-0.4, -0.2) is 162 Å². The number of benzene rings is 2. The number of likely N-dealkylation sites (tertiary alicyclic amines) is 2. The molecule has 0 bridgehead atoms. The van der Waals surface area contributed by atoms with Gasteiger partial charge < -0.3 is 39.3 Å². The molecule has 17 nitrogen and oxygen atoms in total. The summed E-state index contributed by atoms with van der Waals surface area (Å²) in [7, 11) is 6.29. The van der Waals surface area contributed by atoms with Gasteiger partial charge in [0.2, 0.25) is 23.6 Å². The fraction of sp³-hybridized carbons (Fsp3) is 0.661. The lowest BCUT2D eigenvalue weighted by atomic mass is 9.84. The summed E-state index contributed by atoms with van der Waals surface area (Å²) in [4.78, 5) is 114. The SMILES string of the molecule is CO[C@H]([C@@H](C)C(=O)C[C@H](C)[C@@H](O)c1ccccc1)[C@@H]1CCCN1C(=O)C[C@@H](OC)[C@H](C(C)C)N(C)C(=O)[C@@H](CC(=O)[C@H](C(C)C)N(C)C(=O)OCc1ccc(NCC(=O)CCCCN2C(=O)CC(SC)C2=O)cc1)C(C)C. The molecule has 77 heavy (non-hydrogen) atoms. The van der Waals surface area contributed by atoms with Gasteiger partial charge in [0.05, 0.1) is 54.7 Å². The molecule has 2 N–H and O–H groups in total. The number of anilines is 1. The van der Waals surface area contributed by atoms with Gasteiger partial charge in [0, 0.05) is 84.6 Å². The first-order valence-electron chi connectivity index (χ1n) is 27.5. The van der Waals surface area contributed by atoms with Gasteiger partial charge in [-0.05, 0) is 78.9 Å². The zero-order chi connectivity index (χ0) is 57.3. The molecule has 0 spiro atoms. The van der Waals surface area contributed by atoms with Crippen molar-refractivity contribution in [3.8, 4) is 0 Å². The van der Waals surface area contributed by atoms with Gasteiger partial charge >= 0.3 is 6.09 Å². The maximum Gasteiger partial charge on any atom is 0.410 e. The number of hydrogen-bond acceptors (Lipinski definition) is 14. The summed E-state index contributed by atoms with van der Waals surface area (Å²) in [6, 6.07) is 14.6. The number of nitrogens with zero attached hydrogens (tertiary/aromatic N) is 4. The molecule has 2 aromatic rings. The Morgan fingerprint density at radius 1 is 0.805 bits per heavy atom. The maximum absolute atomic E-state index is 14.6. The maximum atomic E-state index is 14.6. The molecule has 4 rings (SSSR count). The Balaban J connectivity index is 1.31. The Kier molecular flexibility index (Phi) is 25.8. The minimum Gasteiger partial charge on any atom is -0.445 e. The molecule has 5 amide bonds. The second-order valence-electron chi connectivity index (χ2n) is 22.2. The Morgan fingerprint density at radius 2 is 1.47 bits per heavy atom. The molecule has 0 radical (unpaired) electrons. The number of methoxy groups -OCH3 is 2. The molecule has 2 heterocycles. The Morgan fingerprint density at radius 3 is 2.04 bits per heavy atom. The molecule has 0 aromatic heterocycles. The number of aliphatic hydroxyl groups is 1. The number of carbonyl (C=O) groups is 8. The first-order valence-corrected chi connectivity index (χ1v) is 28.8. The van der Waals surface area contributed by atoms with Crippen molar-refractivity contribution in [1.82, 2.24) is 19.6 Å². The summed E-state index contributed by atoms with van der Waals surface area (Å²) in [5, 5.41) is 13.8. The molecule has 18 heteroatoms. The molecule has 2 aliphatic rings. The topological polar surface area (TPSA) is 209 Å². The number of amides is 5. The second-order valence-corrected chi connectivity index (χ2v) is 23.2. The normalized spacial score (nSPS) is 18.9. The molecule has 1 unspecified atom stereocenters. The number of imide groups is 1. The van der Waals surface area contributed by atoms with E-state index in [9.17, 15) is 43.5 Å². The Bertz CT molecular complexity index is 2280. The highest BCUT2D eigenvalue weighted by Crippen LogP contribution is 2.33. The number of rotatable bonds is 32. The van der Waals surface area contributed by atoms with Crippen LogP contribution < -0.4 is 5.32 Å². The van der Waals surface area contributed by atoms with Gasteiger partial charge in [-0.1, -0.05) is 97.9 Å². The zero-order valence-electron chi connectivity index (χ0n) is 48.0. The average molecular weight is 1090 g/mol. The first-order chi connectivity index (χ1) is 36.5. The number of Topliss-reactive ketones (excluding diaryl/α,β-unsaturated/α-hetero) is 3. The van der Waals surface area contributed by atoms with Crippen LogP contribution in [-0.2, 0) is 54.4 Å². The number of likely N-dealkylation sites (N-methyl/N-ethyl adjacent to an activating group) is 2. The molecule has 0 aliphatic carbocycles. The number of carbonyl (C=O) groups excluding carboxylic acids is 8. The van der Waals surface area contributed by atoms with Crippen molar-refractivity contribution in [2.75, 3.05) is 59.5 Å². The van der Waals surface area contributed by atoms with Crippen molar-refractivity contribution in [3.05, 3.63) is 65.7 Å². The average Bonchev–Trinajstić information content (AvgIpc) is 4.00. The number of ether oxygens (including phenoxy) is 3. The van der Waals surface area contributed by atoms with Crippen LogP contribution in [0.3, 0.4) is 0 Å². The third-order valence-electron chi connectivity index (χ3n) is 15.6. The van der Waals surface area contributed by atoms with Gasteiger partial charge in [0.25, 0.3) is 0 Å². The largest absolute Gasteiger partial charge is 0.445 e. The number of hydrogen-bond donors (Lipinski definition) is 2. The molecule has 0 saturated carbocycles. The van der Waals surface area contributed by atoms with Crippen LogP contribution >= 0.6 is 11.8 Å². The van der Waals surface area contributed by atoms with Crippen LogP contribution in [0.4, 0.5) is 10.5 Å². The Labute approximate surface area is 462 Å². The highest BCUT2D eigenvalue weighted by atomic mass is 32.2. The highest BCUT2D eigenvalue weighted by molar-refractivity contribution is 8.00. The lowest BCUT2D eigenvalue weighted by molar-refractivity contribution is -0.149. The van der Waals surface area contributed by atoms with E-state index in [-0.39, 0.29) is 115 Å². The minimum atomic E-state index is -0.888. The van der Waals surface area contributed by atoms with E-state index >= 15 is 0 Å². The predicted octanol–water partition coefficient (Wildman–Crippen LogP) is 8.01. The van der Waals surface area contributed by atoms with Gasteiger partial charge in [0.1, 0.15) is 12.4 Å². The van der Waals surface area contributed by atoms with Crippen molar-refractivity contribution in [2.45, 2.75) is 161 Å². The summed E-state index contributed by atoms with van der Waals surface area (Å²) in [5.41, 5.74) is 2.14. The number of ketones is 3. The van der Waals surface area contributed by atoms with Gasteiger partial charge in [-0.25, -0.2) is 4.79 Å². The van der Waals surface area contributed by atoms with Crippen LogP contribution in [0.5, 0.6) is 0 Å². The lowest BCUT2D eigenvalue weighted by Crippen LogP contribution is -2.54. The van der Waals surface area contributed by atoms with Gasteiger partial charge in [-0.3, -0.25) is 38.5 Å². The van der Waals surface area contributed by atoms with Crippen LogP contribution in [0.25, 0.3) is 0 Å². The van der Waals surface area contributed by atoms with Crippen LogP contribution in [0.2, 0.25) is 0 Å². The van der Waals surface area contributed by atoms with Gasteiger partial charge in [-0.2, -0.15) is 11.8 Å². The molecule has 2 aliphatic heterocycles.